The lowest BCUT2D eigenvalue weighted by atomic mass is 9.84. The van der Waals surface area contributed by atoms with Gasteiger partial charge in [-0.25, -0.2) is 0 Å². The monoisotopic (exact) mass is 657 g/mol. The molecular weight excluding hydrogens is 617 g/mol. The van der Waals surface area contributed by atoms with E-state index in [4.69, 9.17) is 14.0 Å². The highest BCUT2D eigenvalue weighted by atomic mass is 16.3. The second kappa shape index (κ2) is 11.0. The van der Waals surface area contributed by atoms with E-state index >= 15 is 0 Å². The highest BCUT2D eigenvalue weighted by Gasteiger charge is 2.19. The zero-order chi connectivity index (χ0) is 41.3. The van der Waals surface area contributed by atoms with Gasteiger partial charge in [-0.15, -0.1) is 0 Å². The number of rotatable bonds is 3. The molecule has 0 bridgehead atoms. The fourth-order valence-electron chi connectivity index (χ4n) is 8.13. The minimum Gasteiger partial charge on any atom is -0.455 e. The van der Waals surface area contributed by atoms with Crippen LogP contribution in [0.3, 0.4) is 0 Å². The van der Waals surface area contributed by atoms with Crippen molar-refractivity contribution in [2.24, 2.45) is 0 Å². The molecule has 0 fully saturated rings. The standard InChI is InChI=1S/C50H32O/c1-2-13-34-29-36(26-23-31(34)11-1)47-39-16-5-7-18-41(39)48(42-19-8-6-17-40(42)47)43-21-9-14-33-24-25-35(30-45(33)43)37-20-10-22-46-49(37)44-28-27-32-12-3-4-15-38(32)50(44)51-46/h1-5,7,9-30H,6,8H2/i3D,4D,10D,12D,15D,20D,22D,27D,28D. The fraction of sp³-hybridized carbons (Fsp3) is 0.0400. The van der Waals surface area contributed by atoms with Gasteiger partial charge in [-0.3, -0.25) is 0 Å². The summed E-state index contributed by atoms with van der Waals surface area (Å²) in [6.07, 6.45) is 6.49. The Bertz CT molecular complexity index is 3720. The number of hydrogen-bond donors (Lipinski definition) is 0. The van der Waals surface area contributed by atoms with Crippen LogP contribution in [0.5, 0.6) is 0 Å². The van der Waals surface area contributed by atoms with Crippen molar-refractivity contribution in [1.82, 2.24) is 0 Å². The van der Waals surface area contributed by atoms with Crippen molar-refractivity contribution in [3.05, 3.63) is 168 Å². The van der Waals surface area contributed by atoms with Gasteiger partial charge in [0.2, 0.25) is 0 Å². The smallest absolute Gasteiger partial charge is 0.143 e. The molecule has 11 rings (SSSR count). The molecule has 0 atom stereocenters. The molecule has 0 unspecified atom stereocenters. The van der Waals surface area contributed by atoms with Gasteiger partial charge in [0, 0.05) is 16.2 Å². The molecule has 9 aromatic carbocycles. The van der Waals surface area contributed by atoms with Gasteiger partial charge in [0.15, 0.2) is 0 Å². The van der Waals surface area contributed by atoms with Crippen molar-refractivity contribution < 1.29 is 16.8 Å². The van der Waals surface area contributed by atoms with Crippen LogP contribution in [-0.4, -0.2) is 0 Å². The topological polar surface area (TPSA) is 13.1 Å². The molecule has 0 aliphatic heterocycles. The predicted molar refractivity (Wildman–Crippen MR) is 217 cm³/mol. The zero-order valence-electron chi connectivity index (χ0n) is 36.3. The Hall–Kier alpha value is -6.44. The Kier molecular flexibility index (Phi) is 4.53. The first-order valence-corrected chi connectivity index (χ1v) is 17.2. The first kappa shape index (κ1) is 20.9. The SMILES string of the molecule is [2H]c1c([2H])c(-c2ccc3cccc(-c4c5c(c(-c6ccc7ccccc7c6)c6ccccc46)=CCCC=5)c3c2)c2c(oc3c4c([2H])c([2H])c([2H])c([2H])c4c([2H])c([2H])c32)c1[2H]. The summed E-state index contributed by atoms with van der Waals surface area (Å²) in [5.41, 5.74) is 5.04. The minimum absolute atomic E-state index is 0.0624. The van der Waals surface area contributed by atoms with Crippen LogP contribution < -0.4 is 10.4 Å². The van der Waals surface area contributed by atoms with Gasteiger partial charge in [-0.05, 0) is 119 Å². The molecule has 0 saturated heterocycles. The molecule has 238 valence electrons. The zero-order valence-corrected chi connectivity index (χ0v) is 27.3. The molecular formula is C50H32O. The molecule has 0 amide bonds. The first-order valence-electron chi connectivity index (χ1n) is 21.7. The third-order valence-corrected chi connectivity index (χ3v) is 10.4. The number of hydrogen-bond acceptors (Lipinski definition) is 1. The lowest BCUT2D eigenvalue weighted by Crippen LogP contribution is -2.31. The maximum Gasteiger partial charge on any atom is 0.143 e. The summed E-state index contributed by atoms with van der Waals surface area (Å²) in [5.74, 6) is 0. The Morgan fingerprint density at radius 1 is 0.451 bits per heavy atom. The van der Waals surface area contributed by atoms with E-state index in [1.54, 1.807) is 0 Å². The molecule has 1 aliphatic rings. The Morgan fingerprint density at radius 3 is 2.10 bits per heavy atom. The molecule has 1 nitrogen and oxygen atoms in total. The van der Waals surface area contributed by atoms with Crippen LogP contribution >= 0.6 is 0 Å². The van der Waals surface area contributed by atoms with Gasteiger partial charge >= 0.3 is 0 Å². The molecule has 51 heavy (non-hydrogen) atoms. The molecule has 1 aromatic heterocycles. The summed E-state index contributed by atoms with van der Waals surface area (Å²) < 4.78 is 85.6. The third-order valence-electron chi connectivity index (χ3n) is 10.4. The summed E-state index contributed by atoms with van der Waals surface area (Å²) in [6, 6.07) is 31.9. The molecule has 0 radical (unpaired) electrons. The molecule has 1 heterocycles. The largest absolute Gasteiger partial charge is 0.455 e. The summed E-state index contributed by atoms with van der Waals surface area (Å²) in [7, 11) is 0. The van der Waals surface area contributed by atoms with Gasteiger partial charge in [0.05, 0.1) is 12.3 Å². The van der Waals surface area contributed by atoms with Gasteiger partial charge in [-0.1, -0.05) is 145 Å². The van der Waals surface area contributed by atoms with Gasteiger partial charge in [0.25, 0.3) is 0 Å². The highest BCUT2D eigenvalue weighted by Crippen LogP contribution is 2.42. The molecule has 0 spiro atoms. The molecule has 0 saturated carbocycles. The van der Waals surface area contributed by atoms with Gasteiger partial charge < -0.3 is 4.42 Å². The number of benzene rings is 9. The molecule has 0 N–H and O–H groups in total. The van der Waals surface area contributed by atoms with Crippen molar-refractivity contribution in [2.75, 3.05) is 0 Å². The van der Waals surface area contributed by atoms with E-state index in [-0.39, 0.29) is 62.4 Å². The maximum absolute atomic E-state index is 9.32. The van der Waals surface area contributed by atoms with E-state index in [1.807, 2.05) is 30.3 Å². The van der Waals surface area contributed by atoms with E-state index in [0.717, 1.165) is 56.3 Å². The molecule has 10 aromatic rings. The van der Waals surface area contributed by atoms with Crippen LogP contribution in [0.25, 0.3) is 111 Å². The van der Waals surface area contributed by atoms with Crippen LogP contribution in [0.15, 0.2) is 162 Å². The summed E-state index contributed by atoms with van der Waals surface area (Å²) >= 11 is 0. The van der Waals surface area contributed by atoms with Crippen molar-refractivity contribution in [1.29, 1.82) is 0 Å². The van der Waals surface area contributed by atoms with Crippen LogP contribution in [-0.2, 0) is 0 Å². The minimum atomic E-state index is -0.528. The number of furan rings is 1. The van der Waals surface area contributed by atoms with Crippen LogP contribution in [0, 0.1) is 0 Å². The molecule has 1 aliphatic carbocycles. The van der Waals surface area contributed by atoms with Crippen LogP contribution in [0.4, 0.5) is 0 Å². The van der Waals surface area contributed by atoms with E-state index in [0.29, 0.717) is 5.56 Å². The first-order chi connectivity index (χ1) is 29.0. The van der Waals surface area contributed by atoms with E-state index in [2.05, 4.69) is 84.9 Å². The lowest BCUT2D eigenvalue weighted by molar-refractivity contribution is 0.673. The average molecular weight is 658 g/mol. The highest BCUT2D eigenvalue weighted by molar-refractivity contribution is 6.19. The van der Waals surface area contributed by atoms with Crippen molar-refractivity contribution in [3.63, 3.8) is 0 Å². The molecule has 1 heteroatoms. The Labute approximate surface area is 307 Å². The second-order valence-electron chi connectivity index (χ2n) is 13.2. The Morgan fingerprint density at radius 2 is 1.20 bits per heavy atom. The Balaban J connectivity index is 1.23. The quantitative estimate of drug-likeness (QED) is 0.184. The average Bonchev–Trinajstić information content (AvgIpc) is 3.67. The fourth-order valence-corrected chi connectivity index (χ4v) is 8.13. The number of fused-ring (bicyclic) bond motifs is 9. The van der Waals surface area contributed by atoms with Gasteiger partial charge in [-0.2, -0.15) is 0 Å². The normalized spacial score (nSPS) is 15.3. The van der Waals surface area contributed by atoms with Crippen molar-refractivity contribution in [2.45, 2.75) is 12.8 Å². The van der Waals surface area contributed by atoms with Crippen molar-refractivity contribution >= 4 is 77.2 Å². The predicted octanol–water partition coefficient (Wildman–Crippen LogP) is 12.6. The lowest BCUT2D eigenvalue weighted by Gasteiger charge is -2.19. The van der Waals surface area contributed by atoms with E-state index in [1.165, 1.54) is 21.6 Å². The second-order valence-corrected chi connectivity index (χ2v) is 13.2. The third kappa shape index (κ3) is 4.28. The maximum atomic E-state index is 9.32. The summed E-state index contributed by atoms with van der Waals surface area (Å²) in [4.78, 5) is 0. The van der Waals surface area contributed by atoms with Crippen molar-refractivity contribution in [3.8, 4) is 33.4 Å². The van der Waals surface area contributed by atoms with E-state index in [9.17, 15) is 2.74 Å². The summed E-state index contributed by atoms with van der Waals surface area (Å²) in [6.45, 7) is 0. The van der Waals surface area contributed by atoms with E-state index < -0.39 is 30.2 Å². The van der Waals surface area contributed by atoms with Crippen LogP contribution in [0.2, 0.25) is 0 Å². The van der Waals surface area contributed by atoms with Gasteiger partial charge in [0.1, 0.15) is 11.2 Å². The summed E-state index contributed by atoms with van der Waals surface area (Å²) in [5, 5.41) is 8.78. The van der Waals surface area contributed by atoms with Crippen LogP contribution in [0.1, 0.15) is 25.2 Å².